The summed E-state index contributed by atoms with van der Waals surface area (Å²) in [7, 11) is 1.56. The van der Waals surface area contributed by atoms with Crippen molar-refractivity contribution < 1.29 is 4.84 Å². The van der Waals surface area contributed by atoms with E-state index in [4.69, 9.17) is 9.83 Å². The van der Waals surface area contributed by atoms with Gasteiger partial charge in [-0.3, -0.25) is 9.98 Å². The Morgan fingerprint density at radius 1 is 1.12 bits per heavy atom. The zero-order valence-corrected chi connectivity index (χ0v) is 15.2. The van der Waals surface area contributed by atoms with Crippen LogP contribution in [0.4, 0.5) is 0 Å². The van der Waals surface area contributed by atoms with Crippen molar-refractivity contribution >= 4 is 22.8 Å². The highest BCUT2D eigenvalue weighted by Crippen LogP contribution is 2.31. The summed E-state index contributed by atoms with van der Waals surface area (Å²) in [6.07, 6.45) is 4.55. The summed E-state index contributed by atoms with van der Waals surface area (Å²) >= 11 is 0. The number of oxime groups is 1. The number of benzene rings is 2. The number of nitrogens with zero attached hydrogens (tertiary/aromatic N) is 3. The summed E-state index contributed by atoms with van der Waals surface area (Å²) < 4.78 is 0. The molecule has 0 aliphatic carbocycles. The molecular weight excluding hydrogens is 322 g/mol. The molecule has 0 radical (unpaired) electrons. The first-order valence-electron chi connectivity index (χ1n) is 8.71. The first kappa shape index (κ1) is 16.5. The molecule has 1 aliphatic rings. The van der Waals surface area contributed by atoms with Crippen LogP contribution in [0.2, 0.25) is 0 Å². The van der Waals surface area contributed by atoms with Crippen LogP contribution in [0.15, 0.2) is 64.9 Å². The number of hydrogen-bond acceptors (Lipinski definition) is 4. The second kappa shape index (κ2) is 6.37. The maximum atomic E-state index is 5.05. The first-order chi connectivity index (χ1) is 12.6. The third-order valence-corrected chi connectivity index (χ3v) is 4.65. The Morgan fingerprint density at radius 3 is 2.81 bits per heavy atom. The average molecular weight is 343 g/mol. The van der Waals surface area contributed by atoms with E-state index in [-0.39, 0.29) is 5.54 Å². The molecule has 4 nitrogen and oxygen atoms in total. The molecular formula is C22H21N3O. The highest BCUT2D eigenvalue weighted by Gasteiger charge is 2.29. The lowest BCUT2D eigenvalue weighted by atomic mass is 9.83. The molecule has 0 atom stereocenters. The lowest BCUT2D eigenvalue weighted by Crippen LogP contribution is -2.30. The molecule has 0 fully saturated rings. The third kappa shape index (κ3) is 2.99. The predicted octanol–water partition coefficient (Wildman–Crippen LogP) is 4.39. The van der Waals surface area contributed by atoms with Crippen molar-refractivity contribution in [1.82, 2.24) is 4.98 Å². The SMILES string of the molecule is CON=Cc1cccc2c1CC(C)(C)N=C2c1cnc2ccccc2c1. The molecule has 0 saturated carbocycles. The Labute approximate surface area is 153 Å². The summed E-state index contributed by atoms with van der Waals surface area (Å²) in [5.74, 6) is 0. The molecule has 3 aromatic rings. The van der Waals surface area contributed by atoms with E-state index < -0.39 is 0 Å². The number of aliphatic imine (C=N–C) groups is 1. The van der Waals surface area contributed by atoms with E-state index in [1.165, 1.54) is 5.56 Å². The van der Waals surface area contributed by atoms with Crippen molar-refractivity contribution in [3.05, 3.63) is 77.0 Å². The Hall–Kier alpha value is -3.01. The molecule has 130 valence electrons. The molecule has 0 spiro atoms. The van der Waals surface area contributed by atoms with Gasteiger partial charge in [0.1, 0.15) is 7.11 Å². The van der Waals surface area contributed by atoms with Crippen LogP contribution in [0.5, 0.6) is 0 Å². The fraction of sp³-hybridized carbons (Fsp3) is 0.227. The van der Waals surface area contributed by atoms with Crippen LogP contribution in [0.1, 0.15) is 36.1 Å². The number of fused-ring (bicyclic) bond motifs is 2. The van der Waals surface area contributed by atoms with E-state index >= 15 is 0 Å². The van der Waals surface area contributed by atoms with Crippen molar-refractivity contribution in [3.63, 3.8) is 0 Å². The molecule has 0 saturated heterocycles. The Bertz CT molecular complexity index is 1030. The monoisotopic (exact) mass is 343 g/mol. The Morgan fingerprint density at radius 2 is 1.96 bits per heavy atom. The summed E-state index contributed by atoms with van der Waals surface area (Å²) in [4.78, 5) is 14.6. The van der Waals surface area contributed by atoms with E-state index in [2.05, 4.69) is 48.3 Å². The molecule has 4 rings (SSSR count). The quantitative estimate of drug-likeness (QED) is 0.523. The first-order valence-corrected chi connectivity index (χ1v) is 8.71. The fourth-order valence-corrected chi connectivity index (χ4v) is 3.51. The third-order valence-electron chi connectivity index (χ3n) is 4.65. The lowest BCUT2D eigenvalue weighted by molar-refractivity contribution is 0.215. The minimum atomic E-state index is -0.189. The van der Waals surface area contributed by atoms with Crippen LogP contribution < -0.4 is 0 Å². The zero-order chi connectivity index (χ0) is 18.1. The summed E-state index contributed by atoms with van der Waals surface area (Å²) in [5, 5.41) is 5.08. The minimum Gasteiger partial charge on any atom is -0.399 e. The number of hydrogen-bond donors (Lipinski definition) is 0. The van der Waals surface area contributed by atoms with Crippen molar-refractivity contribution in [2.24, 2.45) is 10.1 Å². The van der Waals surface area contributed by atoms with Gasteiger partial charge < -0.3 is 4.84 Å². The van der Waals surface area contributed by atoms with Gasteiger partial charge in [0.15, 0.2) is 0 Å². The number of para-hydroxylation sites is 1. The Kier molecular flexibility index (Phi) is 4.03. The molecule has 2 aromatic carbocycles. The highest BCUT2D eigenvalue weighted by molar-refractivity contribution is 6.16. The molecule has 2 heterocycles. The van der Waals surface area contributed by atoms with E-state index in [0.29, 0.717) is 0 Å². The number of aromatic nitrogens is 1. The van der Waals surface area contributed by atoms with E-state index in [1.807, 2.05) is 30.5 Å². The minimum absolute atomic E-state index is 0.189. The van der Waals surface area contributed by atoms with Crippen LogP contribution in [0, 0.1) is 0 Å². The van der Waals surface area contributed by atoms with E-state index in [9.17, 15) is 0 Å². The largest absolute Gasteiger partial charge is 0.399 e. The van der Waals surface area contributed by atoms with Crippen LogP contribution >= 0.6 is 0 Å². The van der Waals surface area contributed by atoms with Crippen LogP contribution in [-0.4, -0.2) is 29.6 Å². The van der Waals surface area contributed by atoms with Crippen molar-refractivity contribution in [1.29, 1.82) is 0 Å². The summed E-state index contributed by atoms with van der Waals surface area (Å²) in [6, 6.07) is 16.6. The van der Waals surface area contributed by atoms with Gasteiger partial charge in [-0.15, -0.1) is 0 Å². The highest BCUT2D eigenvalue weighted by atomic mass is 16.6. The topological polar surface area (TPSA) is 46.8 Å². The summed E-state index contributed by atoms with van der Waals surface area (Å²) in [5.41, 5.74) is 6.29. The number of pyridine rings is 1. The summed E-state index contributed by atoms with van der Waals surface area (Å²) in [6.45, 7) is 4.32. The maximum absolute atomic E-state index is 5.05. The van der Waals surface area contributed by atoms with Crippen LogP contribution in [-0.2, 0) is 11.3 Å². The predicted molar refractivity (Wildman–Crippen MR) is 106 cm³/mol. The van der Waals surface area contributed by atoms with Gasteiger partial charge >= 0.3 is 0 Å². The van der Waals surface area contributed by atoms with Gasteiger partial charge in [-0.2, -0.15) is 0 Å². The van der Waals surface area contributed by atoms with Crippen molar-refractivity contribution in [3.8, 4) is 0 Å². The molecule has 0 unspecified atom stereocenters. The van der Waals surface area contributed by atoms with Gasteiger partial charge in [0.05, 0.1) is 23.0 Å². The van der Waals surface area contributed by atoms with Crippen LogP contribution in [0.3, 0.4) is 0 Å². The second-order valence-corrected chi connectivity index (χ2v) is 7.16. The molecule has 1 aromatic heterocycles. The Balaban J connectivity index is 1.90. The lowest BCUT2D eigenvalue weighted by Gasteiger charge is -2.30. The van der Waals surface area contributed by atoms with Crippen molar-refractivity contribution in [2.75, 3.05) is 7.11 Å². The van der Waals surface area contributed by atoms with E-state index in [0.717, 1.165) is 39.7 Å². The number of rotatable bonds is 3. The second-order valence-electron chi connectivity index (χ2n) is 7.16. The van der Waals surface area contributed by atoms with Gasteiger partial charge in [0.2, 0.25) is 0 Å². The van der Waals surface area contributed by atoms with Gasteiger partial charge in [-0.05, 0) is 38.0 Å². The standard InChI is InChI=1S/C22H21N3O/c1-22(2)12-19-16(14-24-26-3)8-6-9-18(19)21(25-22)17-11-15-7-4-5-10-20(15)23-13-17/h4-11,13-14H,12H2,1-3H3. The van der Waals surface area contributed by atoms with Crippen molar-refractivity contribution in [2.45, 2.75) is 25.8 Å². The fourth-order valence-electron chi connectivity index (χ4n) is 3.51. The van der Waals surface area contributed by atoms with Gasteiger partial charge in [-0.1, -0.05) is 41.6 Å². The molecule has 1 aliphatic heterocycles. The van der Waals surface area contributed by atoms with Gasteiger partial charge in [0.25, 0.3) is 0 Å². The molecule has 4 heteroatoms. The maximum Gasteiger partial charge on any atom is 0.106 e. The van der Waals surface area contributed by atoms with Gasteiger partial charge in [-0.25, -0.2) is 0 Å². The average Bonchev–Trinajstić information content (AvgIpc) is 2.65. The van der Waals surface area contributed by atoms with E-state index in [1.54, 1.807) is 13.3 Å². The molecule has 0 bridgehead atoms. The molecule has 26 heavy (non-hydrogen) atoms. The van der Waals surface area contributed by atoms with Crippen LogP contribution in [0.25, 0.3) is 10.9 Å². The van der Waals surface area contributed by atoms with Gasteiger partial charge in [0, 0.05) is 28.3 Å². The molecule has 0 N–H and O–H groups in total. The zero-order valence-electron chi connectivity index (χ0n) is 15.2. The molecule has 0 amide bonds. The normalized spacial score (nSPS) is 15.7. The smallest absolute Gasteiger partial charge is 0.106 e.